The van der Waals surface area contributed by atoms with Gasteiger partial charge in [-0.15, -0.1) is 0 Å². The first kappa shape index (κ1) is 10.8. The fraction of sp³-hybridized carbons (Fsp3) is 1.00. The fourth-order valence-corrected chi connectivity index (χ4v) is 1.44. The van der Waals surface area contributed by atoms with Crippen molar-refractivity contribution in [3.05, 3.63) is 0 Å². The van der Waals surface area contributed by atoms with E-state index in [1.165, 1.54) is 0 Å². The molecule has 13 heavy (non-hydrogen) atoms. The third-order valence-electron chi connectivity index (χ3n) is 2.18. The Kier molecular flexibility index (Phi) is 3.99. The molecule has 0 aliphatic carbocycles. The molecule has 0 spiro atoms. The molecule has 2 nitrogen and oxygen atoms in total. The second-order valence-corrected chi connectivity index (χ2v) is 3.34. The standard InChI is InChI=1S/C8H15F3N2/c9-8(10,11)3-6-13-7-1-4-12-5-2-7/h7,12-13H,1-6H2. The number of alkyl halides is 3. The molecule has 78 valence electrons. The number of halogens is 3. The third kappa shape index (κ3) is 5.10. The lowest BCUT2D eigenvalue weighted by Gasteiger charge is -2.23. The van der Waals surface area contributed by atoms with Gasteiger partial charge < -0.3 is 10.6 Å². The maximum absolute atomic E-state index is 11.8. The summed E-state index contributed by atoms with van der Waals surface area (Å²) in [7, 11) is 0. The van der Waals surface area contributed by atoms with E-state index in [4.69, 9.17) is 0 Å². The maximum atomic E-state index is 11.8. The molecule has 1 fully saturated rings. The monoisotopic (exact) mass is 196 g/mol. The van der Waals surface area contributed by atoms with Crippen LogP contribution in [0.3, 0.4) is 0 Å². The van der Waals surface area contributed by atoms with Crippen molar-refractivity contribution in [1.29, 1.82) is 0 Å². The zero-order valence-electron chi connectivity index (χ0n) is 7.45. The Morgan fingerprint density at radius 2 is 1.85 bits per heavy atom. The predicted octanol–water partition coefficient (Wildman–Crippen LogP) is 1.28. The van der Waals surface area contributed by atoms with Gasteiger partial charge in [-0.25, -0.2) is 0 Å². The summed E-state index contributed by atoms with van der Waals surface area (Å²) < 4.78 is 35.3. The van der Waals surface area contributed by atoms with Crippen LogP contribution in [-0.4, -0.2) is 31.9 Å². The molecular weight excluding hydrogens is 181 g/mol. The molecule has 1 aliphatic rings. The highest BCUT2D eigenvalue weighted by Gasteiger charge is 2.26. The minimum Gasteiger partial charge on any atom is -0.317 e. The molecule has 1 rings (SSSR count). The van der Waals surface area contributed by atoms with Crippen molar-refractivity contribution in [2.75, 3.05) is 19.6 Å². The van der Waals surface area contributed by atoms with Gasteiger partial charge in [-0.3, -0.25) is 0 Å². The highest BCUT2D eigenvalue weighted by molar-refractivity contribution is 4.74. The lowest BCUT2D eigenvalue weighted by atomic mass is 10.1. The molecule has 0 bridgehead atoms. The molecule has 2 N–H and O–H groups in total. The summed E-state index contributed by atoms with van der Waals surface area (Å²) in [6.45, 7) is 1.86. The van der Waals surface area contributed by atoms with Crippen LogP contribution in [0.15, 0.2) is 0 Å². The molecule has 0 radical (unpaired) electrons. The van der Waals surface area contributed by atoms with Crippen LogP contribution in [0, 0.1) is 0 Å². The van der Waals surface area contributed by atoms with Crippen LogP contribution in [0.2, 0.25) is 0 Å². The minimum absolute atomic E-state index is 0.0498. The van der Waals surface area contributed by atoms with E-state index in [9.17, 15) is 13.2 Å². The topological polar surface area (TPSA) is 24.1 Å². The van der Waals surface area contributed by atoms with Crippen molar-refractivity contribution in [3.63, 3.8) is 0 Å². The quantitative estimate of drug-likeness (QED) is 0.710. The zero-order chi connectivity index (χ0) is 9.73. The summed E-state index contributed by atoms with van der Waals surface area (Å²) in [4.78, 5) is 0. The molecule has 0 unspecified atom stereocenters. The molecule has 1 heterocycles. The van der Waals surface area contributed by atoms with Gasteiger partial charge in [-0.05, 0) is 25.9 Å². The first-order chi connectivity index (χ1) is 6.08. The van der Waals surface area contributed by atoms with Crippen molar-refractivity contribution in [1.82, 2.24) is 10.6 Å². The summed E-state index contributed by atoms with van der Waals surface area (Å²) in [5.41, 5.74) is 0. The van der Waals surface area contributed by atoms with Crippen molar-refractivity contribution in [2.24, 2.45) is 0 Å². The van der Waals surface area contributed by atoms with Crippen LogP contribution in [0.5, 0.6) is 0 Å². The molecule has 5 heteroatoms. The van der Waals surface area contributed by atoms with Gasteiger partial charge in [0.15, 0.2) is 0 Å². The Bertz CT molecular complexity index is 141. The van der Waals surface area contributed by atoms with Crippen LogP contribution in [-0.2, 0) is 0 Å². The fourth-order valence-electron chi connectivity index (χ4n) is 1.44. The Balaban J connectivity index is 2.04. The Hall–Kier alpha value is -0.290. The van der Waals surface area contributed by atoms with Gasteiger partial charge in [-0.2, -0.15) is 13.2 Å². The van der Waals surface area contributed by atoms with E-state index in [2.05, 4.69) is 10.6 Å². The van der Waals surface area contributed by atoms with E-state index in [-0.39, 0.29) is 12.6 Å². The average molecular weight is 196 g/mol. The zero-order valence-corrected chi connectivity index (χ0v) is 7.45. The number of nitrogens with one attached hydrogen (secondary N) is 2. The van der Waals surface area contributed by atoms with Crippen LogP contribution in [0.1, 0.15) is 19.3 Å². The number of rotatable bonds is 3. The second kappa shape index (κ2) is 4.81. The molecule has 0 aromatic carbocycles. The number of piperidine rings is 1. The SMILES string of the molecule is FC(F)(F)CCNC1CCNCC1. The van der Waals surface area contributed by atoms with E-state index >= 15 is 0 Å². The molecule has 0 atom stereocenters. The van der Waals surface area contributed by atoms with Crippen molar-refractivity contribution < 1.29 is 13.2 Å². The Morgan fingerprint density at radius 1 is 1.23 bits per heavy atom. The van der Waals surface area contributed by atoms with Gasteiger partial charge in [0.1, 0.15) is 0 Å². The van der Waals surface area contributed by atoms with Gasteiger partial charge in [0.2, 0.25) is 0 Å². The largest absolute Gasteiger partial charge is 0.390 e. The first-order valence-electron chi connectivity index (χ1n) is 4.59. The lowest BCUT2D eigenvalue weighted by molar-refractivity contribution is -0.133. The molecular formula is C8H15F3N2. The maximum Gasteiger partial charge on any atom is 0.390 e. The number of hydrogen-bond acceptors (Lipinski definition) is 2. The van der Waals surface area contributed by atoms with E-state index < -0.39 is 12.6 Å². The van der Waals surface area contributed by atoms with Gasteiger partial charge >= 0.3 is 6.18 Å². The van der Waals surface area contributed by atoms with Crippen molar-refractivity contribution in [3.8, 4) is 0 Å². The van der Waals surface area contributed by atoms with E-state index in [1.54, 1.807) is 0 Å². The summed E-state index contributed by atoms with van der Waals surface area (Å²) in [5, 5.41) is 6.08. The normalized spacial score (nSPS) is 20.5. The highest BCUT2D eigenvalue weighted by atomic mass is 19.4. The minimum atomic E-state index is -4.03. The van der Waals surface area contributed by atoms with Crippen LogP contribution in [0.25, 0.3) is 0 Å². The molecule has 0 aromatic heterocycles. The molecule has 0 aromatic rings. The van der Waals surface area contributed by atoms with Crippen molar-refractivity contribution >= 4 is 0 Å². The summed E-state index contributed by atoms with van der Waals surface area (Å²) in [6.07, 6.45) is -2.90. The van der Waals surface area contributed by atoms with Crippen LogP contribution in [0.4, 0.5) is 13.2 Å². The van der Waals surface area contributed by atoms with Crippen molar-refractivity contribution in [2.45, 2.75) is 31.5 Å². The van der Waals surface area contributed by atoms with Crippen LogP contribution >= 0.6 is 0 Å². The van der Waals surface area contributed by atoms with Gasteiger partial charge in [0.05, 0.1) is 6.42 Å². The summed E-state index contributed by atoms with van der Waals surface area (Å²) in [6, 6.07) is 0.267. The van der Waals surface area contributed by atoms with Gasteiger partial charge in [0.25, 0.3) is 0 Å². The van der Waals surface area contributed by atoms with Gasteiger partial charge in [0, 0.05) is 12.6 Å². The van der Waals surface area contributed by atoms with E-state index in [0.29, 0.717) is 0 Å². The van der Waals surface area contributed by atoms with Gasteiger partial charge in [-0.1, -0.05) is 0 Å². The molecule has 1 aliphatic heterocycles. The van der Waals surface area contributed by atoms with Crippen LogP contribution < -0.4 is 10.6 Å². The van der Waals surface area contributed by atoms with E-state index in [1.807, 2.05) is 0 Å². The summed E-state index contributed by atoms with van der Waals surface area (Å²) in [5.74, 6) is 0. The molecule has 0 saturated carbocycles. The predicted molar refractivity (Wildman–Crippen MR) is 44.6 cm³/mol. The lowest BCUT2D eigenvalue weighted by Crippen LogP contribution is -2.41. The number of hydrogen-bond donors (Lipinski definition) is 2. The third-order valence-corrected chi connectivity index (χ3v) is 2.18. The Morgan fingerprint density at radius 3 is 2.38 bits per heavy atom. The average Bonchev–Trinajstić information content (AvgIpc) is 2.04. The Labute approximate surface area is 75.9 Å². The first-order valence-corrected chi connectivity index (χ1v) is 4.59. The summed E-state index contributed by atoms with van der Waals surface area (Å²) >= 11 is 0. The molecule has 0 amide bonds. The highest BCUT2D eigenvalue weighted by Crippen LogP contribution is 2.18. The smallest absolute Gasteiger partial charge is 0.317 e. The van der Waals surface area contributed by atoms with E-state index in [0.717, 1.165) is 25.9 Å². The molecule has 1 saturated heterocycles. The second-order valence-electron chi connectivity index (χ2n) is 3.34.